The molecule has 0 spiro atoms. The smallest absolute Gasteiger partial charge is 0.0584 e. The molecular weight excluding hydrogens is 196 g/mol. The minimum Gasteiger partial charge on any atom is -0.142 e. The van der Waals surface area contributed by atoms with E-state index in [2.05, 4.69) is 12.6 Å². The highest BCUT2D eigenvalue weighted by Crippen LogP contribution is 2.33. The summed E-state index contributed by atoms with van der Waals surface area (Å²) in [5, 5.41) is 3.96. The number of thiophene rings is 1. The van der Waals surface area contributed by atoms with Crippen LogP contribution in [0.4, 0.5) is 0 Å². The van der Waals surface area contributed by atoms with Crippen molar-refractivity contribution in [3.63, 3.8) is 0 Å². The van der Waals surface area contributed by atoms with Crippen LogP contribution < -0.4 is 0 Å². The van der Waals surface area contributed by atoms with E-state index in [-0.39, 0.29) is 0 Å². The lowest BCUT2D eigenvalue weighted by Gasteiger charge is -1.91. The molecular formula is C8H5ClS2. The number of halogens is 1. The van der Waals surface area contributed by atoms with Gasteiger partial charge in [-0.25, -0.2) is 0 Å². The lowest BCUT2D eigenvalue weighted by Crippen LogP contribution is -1.64. The third kappa shape index (κ3) is 1.15. The molecule has 0 bridgehead atoms. The first-order chi connectivity index (χ1) is 5.29. The Morgan fingerprint density at radius 1 is 1.36 bits per heavy atom. The Morgan fingerprint density at radius 2 is 2.18 bits per heavy atom. The van der Waals surface area contributed by atoms with Crippen LogP contribution in [0.25, 0.3) is 10.1 Å². The average molecular weight is 201 g/mol. The number of hydrogen-bond acceptors (Lipinski definition) is 2. The molecule has 0 nitrogen and oxygen atoms in total. The number of fused-ring (bicyclic) bond motifs is 1. The molecule has 0 N–H and O–H groups in total. The molecule has 0 saturated carbocycles. The molecule has 0 aliphatic heterocycles. The second-order valence-corrected chi connectivity index (χ2v) is 4.01. The third-order valence-electron chi connectivity index (χ3n) is 1.53. The molecule has 0 aliphatic carbocycles. The van der Waals surface area contributed by atoms with Crippen molar-refractivity contribution in [2.45, 2.75) is 4.90 Å². The van der Waals surface area contributed by atoms with Gasteiger partial charge in [-0.15, -0.1) is 24.0 Å². The van der Waals surface area contributed by atoms with E-state index in [1.807, 2.05) is 23.6 Å². The molecule has 0 fully saturated rings. The maximum absolute atomic E-state index is 5.95. The summed E-state index contributed by atoms with van der Waals surface area (Å²) >= 11 is 11.9. The van der Waals surface area contributed by atoms with Gasteiger partial charge in [-0.3, -0.25) is 0 Å². The molecule has 0 atom stereocenters. The monoisotopic (exact) mass is 200 g/mol. The number of thiol groups is 1. The van der Waals surface area contributed by atoms with Gasteiger partial charge in [0.1, 0.15) is 0 Å². The lowest BCUT2D eigenvalue weighted by atomic mass is 10.3. The maximum atomic E-state index is 5.95. The molecule has 0 unspecified atom stereocenters. The molecule has 0 saturated heterocycles. The number of rotatable bonds is 0. The van der Waals surface area contributed by atoms with Gasteiger partial charge in [-0.1, -0.05) is 23.7 Å². The van der Waals surface area contributed by atoms with E-state index in [0.717, 1.165) is 20.0 Å². The second-order valence-electron chi connectivity index (χ2n) is 2.24. The Labute approximate surface area is 79.2 Å². The van der Waals surface area contributed by atoms with Crippen LogP contribution in [0.5, 0.6) is 0 Å². The van der Waals surface area contributed by atoms with Crippen molar-refractivity contribution < 1.29 is 0 Å². The van der Waals surface area contributed by atoms with Gasteiger partial charge in [0.05, 0.1) is 9.72 Å². The molecule has 0 aliphatic rings. The average Bonchev–Trinajstić information content (AvgIpc) is 2.35. The summed E-state index contributed by atoms with van der Waals surface area (Å²) in [7, 11) is 0. The second kappa shape index (κ2) is 2.70. The Hall–Kier alpha value is -0.180. The highest BCUT2D eigenvalue weighted by Gasteiger charge is 2.02. The SMILES string of the molecule is Sc1csc2c(Cl)cccc12. The predicted octanol–water partition coefficient (Wildman–Crippen LogP) is 3.84. The summed E-state index contributed by atoms with van der Waals surface area (Å²) in [5.74, 6) is 0. The summed E-state index contributed by atoms with van der Waals surface area (Å²) in [4.78, 5) is 1.01. The van der Waals surface area contributed by atoms with Gasteiger partial charge in [0.25, 0.3) is 0 Å². The van der Waals surface area contributed by atoms with E-state index < -0.39 is 0 Å². The first-order valence-electron chi connectivity index (χ1n) is 3.14. The van der Waals surface area contributed by atoms with Crippen LogP contribution in [0.15, 0.2) is 28.5 Å². The van der Waals surface area contributed by atoms with Gasteiger partial charge in [0.2, 0.25) is 0 Å². The van der Waals surface area contributed by atoms with Gasteiger partial charge in [0, 0.05) is 15.7 Å². The number of benzene rings is 1. The highest BCUT2D eigenvalue weighted by molar-refractivity contribution is 7.80. The fourth-order valence-corrected chi connectivity index (χ4v) is 2.58. The van der Waals surface area contributed by atoms with Gasteiger partial charge in [-0.05, 0) is 6.07 Å². The summed E-state index contributed by atoms with van der Waals surface area (Å²) in [6, 6.07) is 5.87. The van der Waals surface area contributed by atoms with Crippen molar-refractivity contribution in [1.29, 1.82) is 0 Å². The van der Waals surface area contributed by atoms with Crippen LogP contribution in [-0.2, 0) is 0 Å². The van der Waals surface area contributed by atoms with E-state index in [1.165, 1.54) is 0 Å². The van der Waals surface area contributed by atoms with Crippen LogP contribution in [0.1, 0.15) is 0 Å². The van der Waals surface area contributed by atoms with E-state index in [1.54, 1.807) is 11.3 Å². The highest BCUT2D eigenvalue weighted by atomic mass is 35.5. The Morgan fingerprint density at radius 3 is 2.91 bits per heavy atom. The van der Waals surface area contributed by atoms with Gasteiger partial charge >= 0.3 is 0 Å². The van der Waals surface area contributed by atoms with E-state index >= 15 is 0 Å². The molecule has 1 aromatic carbocycles. The fraction of sp³-hybridized carbons (Fsp3) is 0. The first kappa shape index (κ1) is 7.47. The zero-order chi connectivity index (χ0) is 7.84. The van der Waals surface area contributed by atoms with E-state index in [4.69, 9.17) is 11.6 Å². The molecule has 11 heavy (non-hydrogen) atoms. The largest absolute Gasteiger partial charge is 0.142 e. The van der Waals surface area contributed by atoms with Crippen molar-refractivity contribution >= 4 is 45.7 Å². The van der Waals surface area contributed by atoms with E-state index in [9.17, 15) is 0 Å². The Balaban J connectivity index is 2.94. The fourth-order valence-electron chi connectivity index (χ4n) is 1.01. The molecule has 2 aromatic rings. The third-order valence-corrected chi connectivity index (χ3v) is 3.53. The van der Waals surface area contributed by atoms with Crippen molar-refractivity contribution in [3.8, 4) is 0 Å². The van der Waals surface area contributed by atoms with Crippen LogP contribution in [-0.4, -0.2) is 0 Å². The van der Waals surface area contributed by atoms with Crippen molar-refractivity contribution in [3.05, 3.63) is 28.6 Å². The summed E-state index contributed by atoms with van der Waals surface area (Å²) in [6.07, 6.45) is 0. The normalized spacial score (nSPS) is 10.7. The zero-order valence-corrected chi connectivity index (χ0v) is 8.01. The van der Waals surface area contributed by atoms with Gasteiger partial charge in [0.15, 0.2) is 0 Å². The van der Waals surface area contributed by atoms with Crippen LogP contribution >= 0.6 is 35.6 Å². The Bertz CT molecular complexity index is 392. The Kier molecular flexibility index (Phi) is 1.83. The molecule has 1 heterocycles. The lowest BCUT2D eigenvalue weighted by molar-refractivity contribution is 1.68. The standard InChI is InChI=1S/C8H5ClS2/c9-6-3-1-2-5-7(10)4-11-8(5)6/h1-4,10H. The quantitative estimate of drug-likeness (QED) is 0.614. The minimum absolute atomic E-state index is 0.813. The molecule has 56 valence electrons. The summed E-state index contributed by atoms with van der Waals surface area (Å²) in [5.41, 5.74) is 0. The van der Waals surface area contributed by atoms with Crippen LogP contribution in [0, 0.1) is 0 Å². The van der Waals surface area contributed by atoms with Crippen molar-refractivity contribution in [2.24, 2.45) is 0 Å². The van der Waals surface area contributed by atoms with Crippen molar-refractivity contribution in [2.75, 3.05) is 0 Å². The number of hydrogen-bond donors (Lipinski definition) is 1. The molecule has 3 heteroatoms. The topological polar surface area (TPSA) is 0 Å². The molecule has 1 aromatic heterocycles. The summed E-state index contributed by atoms with van der Waals surface area (Å²) < 4.78 is 1.12. The predicted molar refractivity (Wildman–Crippen MR) is 54.1 cm³/mol. The molecule has 2 rings (SSSR count). The minimum atomic E-state index is 0.813. The maximum Gasteiger partial charge on any atom is 0.0584 e. The van der Waals surface area contributed by atoms with Crippen molar-refractivity contribution in [1.82, 2.24) is 0 Å². The van der Waals surface area contributed by atoms with Crippen LogP contribution in [0.2, 0.25) is 5.02 Å². The molecule has 0 amide bonds. The van der Waals surface area contributed by atoms with Gasteiger partial charge < -0.3 is 0 Å². The van der Waals surface area contributed by atoms with Crippen LogP contribution in [0.3, 0.4) is 0 Å². The van der Waals surface area contributed by atoms with E-state index in [0.29, 0.717) is 0 Å². The molecule has 0 radical (unpaired) electrons. The van der Waals surface area contributed by atoms with Gasteiger partial charge in [-0.2, -0.15) is 0 Å². The summed E-state index contributed by atoms with van der Waals surface area (Å²) in [6.45, 7) is 0. The first-order valence-corrected chi connectivity index (χ1v) is 4.84. The zero-order valence-electron chi connectivity index (χ0n) is 5.54.